The van der Waals surface area contributed by atoms with Crippen molar-refractivity contribution in [1.29, 1.82) is 0 Å². The highest BCUT2D eigenvalue weighted by atomic mass is 32.2. The Morgan fingerprint density at radius 1 is 1.39 bits per heavy atom. The van der Waals surface area contributed by atoms with E-state index in [1.807, 2.05) is 0 Å². The van der Waals surface area contributed by atoms with Gasteiger partial charge in [0.1, 0.15) is 42.0 Å². The van der Waals surface area contributed by atoms with E-state index < -0.39 is 47.6 Å². The number of ketones is 1. The maximum atomic E-state index is 12.6. The van der Waals surface area contributed by atoms with Gasteiger partial charge in [-0.3, -0.25) is 24.1 Å². The predicted octanol–water partition coefficient (Wildman–Crippen LogP) is -1.62. The second-order valence-corrected chi connectivity index (χ2v) is 8.55. The van der Waals surface area contributed by atoms with Crippen molar-refractivity contribution in [2.75, 3.05) is 18.1 Å². The summed E-state index contributed by atoms with van der Waals surface area (Å²) in [6.45, 7) is 0.860. The molecule has 3 atom stereocenters. The lowest BCUT2D eigenvalue weighted by Crippen LogP contribution is -2.71. The number of anilines is 1. The quantitative estimate of drug-likeness (QED) is 0.192. The lowest BCUT2D eigenvalue weighted by Gasteiger charge is -2.49. The van der Waals surface area contributed by atoms with Gasteiger partial charge >= 0.3 is 11.9 Å². The lowest BCUT2D eigenvalue weighted by molar-refractivity contribution is -0.151. The first-order valence-corrected chi connectivity index (χ1v) is 10.6. The van der Waals surface area contributed by atoms with Crippen LogP contribution in [0.5, 0.6) is 0 Å². The Morgan fingerprint density at radius 2 is 2.10 bits per heavy atom. The van der Waals surface area contributed by atoms with E-state index in [9.17, 15) is 29.1 Å². The van der Waals surface area contributed by atoms with Crippen LogP contribution in [-0.2, 0) is 28.7 Å². The number of carboxylic acids is 1. The van der Waals surface area contributed by atoms with E-state index in [0.717, 1.165) is 16.4 Å². The molecule has 0 saturated carbocycles. The van der Waals surface area contributed by atoms with Crippen molar-refractivity contribution >= 4 is 58.0 Å². The van der Waals surface area contributed by atoms with Gasteiger partial charge in [0.2, 0.25) is 5.91 Å². The number of carboxylic acid groups (broad SMARTS) is 1. The zero-order valence-electron chi connectivity index (χ0n) is 16.1. The number of Topliss-reactive ketones (excluding diaryl/α,β-unsaturated/α-hetero) is 1. The molecule has 31 heavy (non-hydrogen) atoms. The molecule has 13 nitrogen and oxygen atoms in total. The number of nitrogens with one attached hydrogen (secondary N) is 1. The summed E-state index contributed by atoms with van der Waals surface area (Å²) in [5, 5.41) is 11.5. The van der Waals surface area contributed by atoms with Crippen molar-refractivity contribution in [2.45, 2.75) is 30.8 Å². The monoisotopic (exact) mass is 470 g/mol. The molecule has 6 N–H and O–H groups in total. The van der Waals surface area contributed by atoms with Gasteiger partial charge in [0, 0.05) is 22.9 Å². The molecule has 3 rings (SSSR count). The van der Waals surface area contributed by atoms with Crippen LogP contribution in [0.4, 0.5) is 5.13 Å². The Labute approximate surface area is 183 Å². The molecule has 1 fully saturated rings. The first kappa shape index (κ1) is 22.6. The number of esters is 1. The summed E-state index contributed by atoms with van der Waals surface area (Å²) >= 11 is 2.07. The number of carbonyl (C=O) groups excluding carboxylic acids is 4. The standard InChI is InChI=1S/C16H18N6O7S2/c1-5(23)2-7(24)29-3-6-4-30-14-9(13(26)22(14)10(6)15(27)28)19-12(25)8(17)11-20-16(18)31-21-11/h8-9,14H,2-4,17H2,1H3,(H,19,25)(H,27,28)(H2,18,20,21)/t8?,9-,14-/m1/s1. The fourth-order valence-electron chi connectivity index (χ4n) is 2.95. The molecule has 3 heterocycles. The normalized spacial score (nSPS) is 21.1. The summed E-state index contributed by atoms with van der Waals surface area (Å²) in [7, 11) is 0. The molecule has 0 aromatic carbocycles. The Hall–Kier alpha value is -3.04. The number of ether oxygens (including phenoxy) is 1. The van der Waals surface area contributed by atoms with Gasteiger partial charge in [0.15, 0.2) is 11.0 Å². The van der Waals surface area contributed by atoms with Crippen LogP contribution in [-0.4, -0.2) is 72.7 Å². The van der Waals surface area contributed by atoms with Gasteiger partial charge in [-0.1, -0.05) is 0 Å². The minimum atomic E-state index is -1.38. The molecule has 166 valence electrons. The van der Waals surface area contributed by atoms with Gasteiger partial charge in [0.05, 0.1) is 0 Å². The third-order valence-corrected chi connectivity index (χ3v) is 6.26. The Kier molecular flexibility index (Phi) is 6.56. The van der Waals surface area contributed by atoms with E-state index in [2.05, 4.69) is 14.7 Å². The second kappa shape index (κ2) is 8.99. The minimum Gasteiger partial charge on any atom is -0.477 e. The van der Waals surface area contributed by atoms with E-state index in [0.29, 0.717) is 0 Å². The van der Waals surface area contributed by atoms with Crippen LogP contribution in [0.1, 0.15) is 25.2 Å². The van der Waals surface area contributed by atoms with Crippen LogP contribution in [0.25, 0.3) is 0 Å². The van der Waals surface area contributed by atoms with Crippen LogP contribution in [0.15, 0.2) is 11.3 Å². The molecular formula is C16H18N6O7S2. The number of hydrogen-bond acceptors (Lipinski definition) is 12. The Morgan fingerprint density at radius 3 is 2.68 bits per heavy atom. The fourth-order valence-corrected chi connectivity index (χ4v) is 4.75. The third kappa shape index (κ3) is 4.67. The zero-order valence-corrected chi connectivity index (χ0v) is 17.7. The van der Waals surface area contributed by atoms with Gasteiger partial charge in [-0.2, -0.15) is 4.37 Å². The SMILES string of the molecule is CC(=O)CC(=O)OCC1=C(C(=O)O)N2C(=O)[C@@H](NC(=O)C(N)c3nsc(N)n3)[C@H]2SC1. The molecule has 0 bridgehead atoms. The fraction of sp³-hybridized carbons (Fsp3) is 0.438. The molecule has 1 aromatic rings. The number of nitrogens with two attached hydrogens (primary N) is 2. The van der Waals surface area contributed by atoms with E-state index >= 15 is 0 Å². The third-order valence-electron chi connectivity index (χ3n) is 4.37. The molecule has 15 heteroatoms. The highest BCUT2D eigenvalue weighted by molar-refractivity contribution is 8.00. The van der Waals surface area contributed by atoms with E-state index in [1.165, 1.54) is 18.7 Å². The number of amides is 2. The smallest absolute Gasteiger partial charge is 0.352 e. The average Bonchev–Trinajstić information content (AvgIpc) is 3.14. The number of thioether (sulfide) groups is 1. The first-order chi connectivity index (χ1) is 14.6. The summed E-state index contributed by atoms with van der Waals surface area (Å²) < 4.78 is 8.81. The number of β-lactam (4-membered cyclic amide) rings is 1. The van der Waals surface area contributed by atoms with Crippen molar-refractivity contribution in [2.24, 2.45) is 5.73 Å². The summed E-state index contributed by atoms with van der Waals surface area (Å²) in [4.78, 5) is 64.1. The van der Waals surface area contributed by atoms with E-state index in [-0.39, 0.29) is 40.4 Å². The Balaban J connectivity index is 1.68. The first-order valence-electron chi connectivity index (χ1n) is 8.80. The number of nitrogens with zero attached hydrogens (tertiary/aromatic N) is 3. The maximum absolute atomic E-state index is 12.6. The number of rotatable bonds is 8. The molecule has 0 radical (unpaired) electrons. The van der Waals surface area contributed by atoms with Crippen LogP contribution < -0.4 is 16.8 Å². The molecule has 2 amide bonds. The van der Waals surface area contributed by atoms with Crippen molar-refractivity contribution in [3.8, 4) is 0 Å². The van der Waals surface area contributed by atoms with Crippen molar-refractivity contribution < 1.29 is 33.8 Å². The number of aliphatic carboxylic acids is 1. The van der Waals surface area contributed by atoms with Gasteiger partial charge in [0.25, 0.3) is 5.91 Å². The van der Waals surface area contributed by atoms with E-state index in [1.54, 1.807) is 0 Å². The molecule has 2 aliphatic heterocycles. The summed E-state index contributed by atoms with van der Waals surface area (Å²) in [6.07, 6.45) is -0.429. The molecule has 1 aromatic heterocycles. The van der Waals surface area contributed by atoms with Crippen molar-refractivity contribution in [3.05, 3.63) is 17.1 Å². The van der Waals surface area contributed by atoms with Crippen LogP contribution in [0.2, 0.25) is 0 Å². The predicted molar refractivity (Wildman–Crippen MR) is 107 cm³/mol. The molecule has 2 aliphatic rings. The molecule has 1 unspecified atom stereocenters. The van der Waals surface area contributed by atoms with Gasteiger partial charge < -0.3 is 26.6 Å². The number of aromatic nitrogens is 2. The summed E-state index contributed by atoms with van der Waals surface area (Å²) in [5.74, 6) is -3.75. The van der Waals surface area contributed by atoms with Crippen LogP contribution >= 0.6 is 23.3 Å². The highest BCUT2D eigenvalue weighted by Gasteiger charge is 2.54. The lowest BCUT2D eigenvalue weighted by atomic mass is 10.0. The summed E-state index contributed by atoms with van der Waals surface area (Å²) in [6, 6.07) is -2.23. The highest BCUT2D eigenvalue weighted by Crippen LogP contribution is 2.40. The van der Waals surface area contributed by atoms with Crippen LogP contribution in [0, 0.1) is 0 Å². The second-order valence-electron chi connectivity index (χ2n) is 6.66. The number of carbonyl (C=O) groups is 5. The van der Waals surface area contributed by atoms with E-state index in [4.69, 9.17) is 16.2 Å². The topological polar surface area (TPSA) is 208 Å². The van der Waals surface area contributed by atoms with Crippen molar-refractivity contribution in [3.63, 3.8) is 0 Å². The molecule has 0 aliphatic carbocycles. The molecular weight excluding hydrogens is 452 g/mol. The number of hydrogen-bond donors (Lipinski definition) is 4. The zero-order chi connectivity index (χ0) is 22.9. The average molecular weight is 470 g/mol. The number of nitrogen functional groups attached to an aromatic ring is 1. The Bertz CT molecular complexity index is 993. The summed E-state index contributed by atoms with van der Waals surface area (Å²) in [5.41, 5.74) is 11.2. The van der Waals surface area contributed by atoms with Gasteiger partial charge in [-0.15, -0.1) is 11.8 Å². The number of fused-ring (bicyclic) bond motifs is 1. The van der Waals surface area contributed by atoms with Crippen LogP contribution in [0.3, 0.4) is 0 Å². The maximum Gasteiger partial charge on any atom is 0.352 e. The van der Waals surface area contributed by atoms with Gasteiger partial charge in [-0.05, 0) is 6.92 Å². The molecule has 1 saturated heterocycles. The molecule has 0 spiro atoms. The van der Waals surface area contributed by atoms with Gasteiger partial charge in [-0.25, -0.2) is 9.78 Å². The largest absolute Gasteiger partial charge is 0.477 e. The minimum absolute atomic E-state index is 0.0145. The van der Waals surface area contributed by atoms with Crippen molar-refractivity contribution in [1.82, 2.24) is 19.6 Å².